The van der Waals surface area contributed by atoms with Crippen molar-refractivity contribution in [3.05, 3.63) is 59.7 Å². The van der Waals surface area contributed by atoms with E-state index >= 15 is 0 Å². The van der Waals surface area contributed by atoms with Crippen LogP contribution in [0.1, 0.15) is 49.1 Å². The molecule has 0 bridgehead atoms. The van der Waals surface area contributed by atoms with Crippen LogP contribution in [0.25, 0.3) is 0 Å². The Labute approximate surface area is 166 Å². The molecule has 4 heteroatoms. The van der Waals surface area contributed by atoms with E-state index in [1.807, 2.05) is 6.92 Å². The maximum atomic E-state index is 12.4. The number of ether oxygens (including phenoxy) is 1. The van der Waals surface area contributed by atoms with Gasteiger partial charge in [-0.15, -0.1) is 0 Å². The van der Waals surface area contributed by atoms with Gasteiger partial charge in [-0.1, -0.05) is 31.2 Å². The van der Waals surface area contributed by atoms with Gasteiger partial charge >= 0.3 is 0 Å². The maximum Gasteiger partial charge on any atom is 0.164 e. The summed E-state index contributed by atoms with van der Waals surface area (Å²) >= 11 is 0. The smallest absolute Gasteiger partial charge is 0.164 e. The lowest BCUT2D eigenvalue weighted by Crippen LogP contribution is -2.45. The second-order valence-electron chi connectivity index (χ2n) is 8.29. The second kappa shape index (κ2) is 8.34. The summed E-state index contributed by atoms with van der Waals surface area (Å²) in [6, 6.07) is 16.9. The number of alkyl halides is 1. The molecule has 0 radical (unpaired) electrons. The fourth-order valence-corrected chi connectivity index (χ4v) is 3.76. The number of ketones is 1. The fraction of sp³-hybridized carbons (Fsp3) is 0.458. The van der Waals surface area contributed by atoms with Crippen molar-refractivity contribution in [2.24, 2.45) is 5.92 Å². The Morgan fingerprint density at radius 3 is 2.39 bits per heavy atom. The molecule has 1 saturated heterocycles. The lowest BCUT2D eigenvalue weighted by molar-refractivity contribution is -0.120. The number of carbonyl (C=O) groups excluding carboxylic acids is 1. The average Bonchev–Trinajstić information content (AvgIpc) is 3.51. The summed E-state index contributed by atoms with van der Waals surface area (Å²) in [5.41, 5.74) is 3.67. The number of nitrogens with zero attached hydrogens (tertiary/aromatic N) is 1. The van der Waals surface area contributed by atoms with Crippen molar-refractivity contribution in [2.75, 3.05) is 31.3 Å². The van der Waals surface area contributed by atoms with E-state index in [9.17, 15) is 9.18 Å². The number of halogens is 1. The Balaban J connectivity index is 1.27. The maximum absolute atomic E-state index is 12.4. The van der Waals surface area contributed by atoms with E-state index in [2.05, 4.69) is 53.4 Å². The van der Waals surface area contributed by atoms with Crippen molar-refractivity contribution in [3.63, 3.8) is 0 Å². The molecule has 0 spiro atoms. The minimum Gasteiger partial charge on any atom is -0.493 e. The summed E-state index contributed by atoms with van der Waals surface area (Å²) in [5, 5.41) is 0. The van der Waals surface area contributed by atoms with E-state index in [4.69, 9.17) is 4.74 Å². The minimum atomic E-state index is -0.867. The lowest BCUT2D eigenvalue weighted by Gasteiger charge is -2.41. The van der Waals surface area contributed by atoms with Crippen LogP contribution in [-0.4, -0.2) is 32.2 Å². The molecule has 2 fully saturated rings. The van der Waals surface area contributed by atoms with E-state index in [-0.39, 0.29) is 18.1 Å². The predicted molar refractivity (Wildman–Crippen MR) is 110 cm³/mol. The Morgan fingerprint density at radius 1 is 1.11 bits per heavy atom. The van der Waals surface area contributed by atoms with Crippen LogP contribution < -0.4 is 9.64 Å². The highest BCUT2D eigenvalue weighted by molar-refractivity contribution is 5.80. The molecule has 2 aliphatic rings. The van der Waals surface area contributed by atoms with Crippen LogP contribution in [0.15, 0.2) is 48.5 Å². The highest BCUT2D eigenvalue weighted by atomic mass is 19.1. The molecule has 1 heterocycles. The molecule has 2 aromatic rings. The normalized spacial score (nSPS) is 17.9. The number of hydrogen-bond acceptors (Lipinski definition) is 3. The van der Waals surface area contributed by atoms with E-state index in [1.165, 1.54) is 24.1 Å². The van der Waals surface area contributed by atoms with Crippen LogP contribution in [0.5, 0.6) is 5.75 Å². The third kappa shape index (κ3) is 4.54. The molecular formula is C24H28FNO2. The largest absolute Gasteiger partial charge is 0.493 e. The van der Waals surface area contributed by atoms with Crippen molar-refractivity contribution in [1.82, 2.24) is 0 Å². The first kappa shape index (κ1) is 19.0. The van der Waals surface area contributed by atoms with Crippen LogP contribution in [0, 0.1) is 5.92 Å². The first-order valence-corrected chi connectivity index (χ1v) is 10.3. The quantitative estimate of drug-likeness (QED) is 0.604. The summed E-state index contributed by atoms with van der Waals surface area (Å²) in [7, 11) is 0. The monoisotopic (exact) mass is 381 g/mol. The molecule has 1 aliphatic carbocycles. The van der Waals surface area contributed by atoms with Crippen molar-refractivity contribution in [1.29, 1.82) is 0 Å². The fourth-order valence-electron chi connectivity index (χ4n) is 3.76. The minimum absolute atomic E-state index is 0.0656. The standard InChI is InChI=1S/C24H28FNO2/c1-17(12-23(27)13-25)19-4-6-20(7-5-19)21-14-26(15-21)22-8-10-24(11-9-22)28-16-18-2-3-18/h4-11,17-18,21H,2-3,12-16H2,1H3/t17-/m1/s1. The number of anilines is 1. The number of Topliss-reactive ketones (excluding diaryl/α,β-unsaturated/α-hetero) is 1. The van der Waals surface area contributed by atoms with Gasteiger partial charge in [-0.25, -0.2) is 4.39 Å². The van der Waals surface area contributed by atoms with Crippen molar-refractivity contribution in [2.45, 2.75) is 38.0 Å². The van der Waals surface area contributed by atoms with Gasteiger partial charge in [0.1, 0.15) is 12.4 Å². The second-order valence-corrected chi connectivity index (χ2v) is 8.29. The van der Waals surface area contributed by atoms with Gasteiger partial charge < -0.3 is 9.64 Å². The zero-order valence-corrected chi connectivity index (χ0v) is 16.4. The molecule has 148 valence electrons. The van der Waals surface area contributed by atoms with Crippen LogP contribution >= 0.6 is 0 Å². The number of benzene rings is 2. The van der Waals surface area contributed by atoms with Crippen molar-refractivity contribution in [3.8, 4) is 5.75 Å². The molecule has 0 N–H and O–H groups in total. The molecule has 4 rings (SSSR count). The summed E-state index contributed by atoms with van der Waals surface area (Å²) < 4.78 is 18.2. The van der Waals surface area contributed by atoms with E-state index < -0.39 is 6.67 Å². The Morgan fingerprint density at radius 2 is 1.79 bits per heavy atom. The van der Waals surface area contributed by atoms with Gasteiger partial charge in [0, 0.05) is 31.1 Å². The van der Waals surface area contributed by atoms with Gasteiger partial charge in [0.05, 0.1) is 6.61 Å². The molecule has 2 aromatic carbocycles. The molecule has 1 saturated carbocycles. The van der Waals surface area contributed by atoms with Crippen LogP contribution in [-0.2, 0) is 4.79 Å². The molecule has 0 aromatic heterocycles. The number of rotatable bonds is 9. The van der Waals surface area contributed by atoms with E-state index in [1.54, 1.807) is 0 Å². The Bertz CT molecular complexity index is 792. The van der Waals surface area contributed by atoms with E-state index in [0.29, 0.717) is 5.92 Å². The van der Waals surface area contributed by atoms with Gasteiger partial charge in [-0.3, -0.25) is 4.79 Å². The topological polar surface area (TPSA) is 29.5 Å². The van der Waals surface area contributed by atoms with Gasteiger partial charge in [-0.2, -0.15) is 0 Å². The zero-order valence-electron chi connectivity index (χ0n) is 16.4. The van der Waals surface area contributed by atoms with Gasteiger partial charge in [0.25, 0.3) is 0 Å². The molecule has 28 heavy (non-hydrogen) atoms. The van der Waals surface area contributed by atoms with Crippen molar-refractivity contribution < 1.29 is 13.9 Å². The third-order valence-corrected chi connectivity index (χ3v) is 5.93. The summed E-state index contributed by atoms with van der Waals surface area (Å²) in [6.07, 6.45) is 2.89. The van der Waals surface area contributed by atoms with Crippen LogP contribution in [0.3, 0.4) is 0 Å². The zero-order chi connectivity index (χ0) is 19.5. The average molecular weight is 381 g/mol. The van der Waals surface area contributed by atoms with Gasteiger partial charge in [0.15, 0.2) is 5.78 Å². The Kier molecular flexibility index (Phi) is 5.65. The predicted octanol–water partition coefficient (Wildman–Crippen LogP) is 5.11. The SMILES string of the molecule is C[C@H](CC(=O)CF)c1ccc(C2CN(c3ccc(OCC4CC4)cc3)C2)cc1. The third-order valence-electron chi connectivity index (χ3n) is 5.93. The summed E-state index contributed by atoms with van der Waals surface area (Å²) in [4.78, 5) is 13.7. The van der Waals surface area contributed by atoms with Crippen molar-refractivity contribution >= 4 is 11.5 Å². The molecule has 0 unspecified atom stereocenters. The highest BCUT2D eigenvalue weighted by Crippen LogP contribution is 2.34. The molecular weight excluding hydrogens is 353 g/mol. The molecule has 1 atom stereocenters. The lowest BCUT2D eigenvalue weighted by atomic mass is 9.88. The van der Waals surface area contributed by atoms with E-state index in [0.717, 1.165) is 36.9 Å². The van der Waals surface area contributed by atoms with Crippen LogP contribution in [0.4, 0.5) is 10.1 Å². The molecule has 0 amide bonds. The number of carbonyl (C=O) groups is 1. The first-order valence-electron chi connectivity index (χ1n) is 10.3. The van der Waals surface area contributed by atoms with Gasteiger partial charge in [-0.05, 0) is 60.1 Å². The summed E-state index contributed by atoms with van der Waals surface area (Å²) in [6.45, 7) is 3.98. The Hall–Kier alpha value is -2.36. The highest BCUT2D eigenvalue weighted by Gasteiger charge is 2.28. The van der Waals surface area contributed by atoms with Crippen LogP contribution in [0.2, 0.25) is 0 Å². The molecule has 1 aliphatic heterocycles. The first-order chi connectivity index (χ1) is 13.6. The summed E-state index contributed by atoms with van der Waals surface area (Å²) in [5.74, 6) is 2.01. The molecule has 3 nitrogen and oxygen atoms in total. The number of hydrogen-bond donors (Lipinski definition) is 0. The van der Waals surface area contributed by atoms with Gasteiger partial charge in [0.2, 0.25) is 0 Å².